The zero-order valence-electron chi connectivity index (χ0n) is 10.7. The molecule has 1 saturated heterocycles. The molecule has 1 saturated carbocycles. The summed E-state index contributed by atoms with van der Waals surface area (Å²) in [6.45, 7) is 5.92. The van der Waals surface area contributed by atoms with Crippen molar-refractivity contribution in [2.75, 3.05) is 26.2 Å². The fraction of sp³-hybridized carbons (Fsp3) is 0.923. The van der Waals surface area contributed by atoms with Gasteiger partial charge < -0.3 is 14.7 Å². The minimum Gasteiger partial charge on any atom is -0.481 e. The van der Waals surface area contributed by atoms with Gasteiger partial charge in [-0.15, -0.1) is 0 Å². The fourth-order valence-corrected chi connectivity index (χ4v) is 2.74. The van der Waals surface area contributed by atoms with Gasteiger partial charge in [0.15, 0.2) is 0 Å². The van der Waals surface area contributed by atoms with Gasteiger partial charge >= 0.3 is 5.97 Å². The van der Waals surface area contributed by atoms with Gasteiger partial charge in [-0.05, 0) is 37.6 Å². The van der Waals surface area contributed by atoms with Gasteiger partial charge in [0.05, 0.1) is 12.5 Å². The van der Waals surface area contributed by atoms with Crippen molar-refractivity contribution in [2.24, 2.45) is 5.41 Å². The van der Waals surface area contributed by atoms with Crippen LogP contribution in [0.2, 0.25) is 0 Å². The van der Waals surface area contributed by atoms with Crippen molar-refractivity contribution in [1.29, 1.82) is 0 Å². The zero-order chi connectivity index (χ0) is 12.3. The number of carboxylic acids is 1. The van der Waals surface area contributed by atoms with Crippen molar-refractivity contribution in [3.63, 3.8) is 0 Å². The van der Waals surface area contributed by atoms with Crippen LogP contribution in [0.15, 0.2) is 0 Å². The number of carboxylic acid groups (broad SMARTS) is 1. The molecule has 0 aromatic carbocycles. The van der Waals surface area contributed by atoms with Crippen LogP contribution in [-0.2, 0) is 9.53 Å². The largest absolute Gasteiger partial charge is 0.481 e. The third-order valence-corrected chi connectivity index (χ3v) is 3.98. The van der Waals surface area contributed by atoms with Crippen molar-refractivity contribution in [3.05, 3.63) is 0 Å². The molecule has 1 aliphatic heterocycles. The van der Waals surface area contributed by atoms with Gasteiger partial charge in [-0.2, -0.15) is 0 Å². The van der Waals surface area contributed by atoms with Crippen LogP contribution in [0.1, 0.15) is 39.0 Å². The summed E-state index contributed by atoms with van der Waals surface area (Å²) in [5, 5.41) is 8.92. The molecular weight excluding hydrogens is 218 g/mol. The van der Waals surface area contributed by atoms with Crippen molar-refractivity contribution in [2.45, 2.75) is 45.1 Å². The summed E-state index contributed by atoms with van der Waals surface area (Å²) < 4.78 is 5.64. The van der Waals surface area contributed by atoms with Crippen LogP contribution in [0.25, 0.3) is 0 Å². The molecule has 0 amide bonds. The molecule has 0 aromatic heterocycles. The first-order valence-electron chi connectivity index (χ1n) is 6.69. The van der Waals surface area contributed by atoms with Gasteiger partial charge in [0, 0.05) is 19.7 Å². The monoisotopic (exact) mass is 241 g/mol. The molecule has 1 aliphatic carbocycles. The highest BCUT2D eigenvalue weighted by atomic mass is 16.5. The number of hydrogen-bond acceptors (Lipinski definition) is 3. The second kappa shape index (κ2) is 5.36. The number of nitrogens with zero attached hydrogens (tertiary/aromatic N) is 1. The smallest absolute Gasteiger partial charge is 0.303 e. The second-order valence-corrected chi connectivity index (χ2v) is 5.53. The molecule has 0 radical (unpaired) electrons. The normalized spacial score (nSPS) is 26.4. The Morgan fingerprint density at radius 3 is 2.76 bits per heavy atom. The van der Waals surface area contributed by atoms with Gasteiger partial charge in [0.25, 0.3) is 0 Å². The van der Waals surface area contributed by atoms with E-state index in [-0.39, 0.29) is 5.41 Å². The first-order chi connectivity index (χ1) is 8.13. The van der Waals surface area contributed by atoms with Gasteiger partial charge in [-0.3, -0.25) is 4.79 Å². The van der Waals surface area contributed by atoms with Crippen LogP contribution < -0.4 is 0 Å². The maximum absolute atomic E-state index is 10.8. The Morgan fingerprint density at radius 1 is 1.53 bits per heavy atom. The molecule has 1 N–H and O–H groups in total. The molecule has 2 fully saturated rings. The Bertz CT molecular complexity index is 270. The summed E-state index contributed by atoms with van der Waals surface area (Å²) in [6.07, 6.45) is 5.17. The topological polar surface area (TPSA) is 49.8 Å². The van der Waals surface area contributed by atoms with Gasteiger partial charge in [-0.1, -0.05) is 6.92 Å². The molecular formula is C13H23NO3. The lowest BCUT2D eigenvalue weighted by Gasteiger charge is -2.27. The van der Waals surface area contributed by atoms with Crippen molar-refractivity contribution >= 4 is 5.97 Å². The van der Waals surface area contributed by atoms with Crippen LogP contribution in [0.5, 0.6) is 0 Å². The lowest BCUT2D eigenvalue weighted by Crippen LogP contribution is -2.37. The molecule has 1 heterocycles. The van der Waals surface area contributed by atoms with Crippen molar-refractivity contribution < 1.29 is 14.6 Å². The molecule has 0 bridgehead atoms. The molecule has 0 aromatic rings. The average Bonchev–Trinajstić information content (AvgIpc) is 2.81. The molecule has 4 heteroatoms. The fourth-order valence-electron chi connectivity index (χ4n) is 2.74. The Hall–Kier alpha value is -0.610. The number of ether oxygens (including phenoxy) is 1. The molecule has 2 rings (SSSR count). The Morgan fingerprint density at radius 2 is 2.29 bits per heavy atom. The minimum absolute atomic E-state index is 0.0699. The third-order valence-electron chi connectivity index (χ3n) is 3.98. The van der Waals surface area contributed by atoms with E-state index in [0.29, 0.717) is 12.5 Å². The van der Waals surface area contributed by atoms with E-state index >= 15 is 0 Å². The van der Waals surface area contributed by atoms with E-state index in [4.69, 9.17) is 9.84 Å². The van der Waals surface area contributed by atoms with E-state index < -0.39 is 5.97 Å². The van der Waals surface area contributed by atoms with Crippen LogP contribution in [0, 0.1) is 5.41 Å². The van der Waals surface area contributed by atoms with Gasteiger partial charge in [0.1, 0.15) is 0 Å². The Labute approximate surface area is 103 Å². The molecule has 17 heavy (non-hydrogen) atoms. The first-order valence-corrected chi connectivity index (χ1v) is 6.69. The number of hydrogen-bond donors (Lipinski definition) is 1. The molecule has 2 aliphatic rings. The highest BCUT2D eigenvalue weighted by molar-refractivity contribution is 5.68. The molecule has 4 nitrogen and oxygen atoms in total. The molecule has 0 spiro atoms. The second-order valence-electron chi connectivity index (χ2n) is 5.53. The predicted molar refractivity (Wildman–Crippen MR) is 65.0 cm³/mol. The number of likely N-dealkylation sites (N-methyl/N-ethyl adjacent to an activating group) is 1. The summed E-state index contributed by atoms with van der Waals surface area (Å²) in [6, 6.07) is 0. The van der Waals surface area contributed by atoms with Crippen molar-refractivity contribution in [3.8, 4) is 0 Å². The lowest BCUT2D eigenvalue weighted by atomic mass is 10.0. The van der Waals surface area contributed by atoms with Gasteiger partial charge in [0.2, 0.25) is 0 Å². The van der Waals surface area contributed by atoms with Crippen molar-refractivity contribution in [1.82, 2.24) is 4.90 Å². The standard InChI is InChI=1S/C13H23NO3/c1-2-14(9-11-4-3-7-17-11)10-13(5-6-13)8-12(15)16/h11H,2-10H2,1H3,(H,15,16). The van der Waals surface area contributed by atoms with Crippen LogP contribution >= 0.6 is 0 Å². The third kappa shape index (κ3) is 3.68. The van der Waals surface area contributed by atoms with Crippen LogP contribution in [0.4, 0.5) is 0 Å². The number of carbonyl (C=O) groups is 1. The summed E-state index contributed by atoms with van der Waals surface area (Å²) in [4.78, 5) is 13.2. The summed E-state index contributed by atoms with van der Waals surface area (Å²) in [5.74, 6) is -0.657. The predicted octanol–water partition coefficient (Wildman–Crippen LogP) is 1.74. The maximum Gasteiger partial charge on any atom is 0.303 e. The van der Waals surface area contributed by atoms with Gasteiger partial charge in [-0.25, -0.2) is 0 Å². The minimum atomic E-state index is -0.657. The zero-order valence-corrected chi connectivity index (χ0v) is 10.7. The summed E-state index contributed by atoms with van der Waals surface area (Å²) in [5.41, 5.74) is 0.0699. The Kier molecular flexibility index (Phi) is 4.05. The average molecular weight is 241 g/mol. The molecule has 98 valence electrons. The quantitative estimate of drug-likeness (QED) is 0.737. The van der Waals surface area contributed by atoms with Crippen LogP contribution in [0.3, 0.4) is 0 Å². The first kappa shape index (κ1) is 12.8. The highest BCUT2D eigenvalue weighted by Gasteiger charge is 2.45. The van der Waals surface area contributed by atoms with E-state index in [9.17, 15) is 4.79 Å². The SMILES string of the molecule is CCN(CC1CCCO1)CC1(CC(=O)O)CC1. The van der Waals surface area contributed by atoms with Crippen LogP contribution in [-0.4, -0.2) is 48.3 Å². The maximum atomic E-state index is 10.8. The lowest BCUT2D eigenvalue weighted by molar-refractivity contribution is -0.138. The molecule has 1 atom stereocenters. The Balaban J connectivity index is 1.80. The number of aliphatic carboxylic acids is 1. The van der Waals surface area contributed by atoms with E-state index in [1.807, 2.05) is 0 Å². The van der Waals surface area contributed by atoms with E-state index in [1.165, 1.54) is 6.42 Å². The highest BCUT2D eigenvalue weighted by Crippen LogP contribution is 2.49. The van der Waals surface area contributed by atoms with E-state index in [2.05, 4.69) is 11.8 Å². The molecule has 1 unspecified atom stereocenters. The number of rotatable bonds is 7. The van der Waals surface area contributed by atoms with E-state index in [0.717, 1.165) is 45.5 Å². The summed E-state index contributed by atoms with van der Waals surface area (Å²) >= 11 is 0. The summed E-state index contributed by atoms with van der Waals surface area (Å²) in [7, 11) is 0. The van der Waals surface area contributed by atoms with E-state index in [1.54, 1.807) is 0 Å².